The Morgan fingerprint density at radius 2 is 1.48 bits per heavy atom. The van der Waals surface area contributed by atoms with Crippen molar-refractivity contribution >= 4 is 23.5 Å². The number of carboxylic acid groups (broad SMARTS) is 1. The highest BCUT2D eigenvalue weighted by atomic mass is 16.4. The first-order valence-electron chi connectivity index (χ1n) is 8.48. The van der Waals surface area contributed by atoms with Crippen molar-refractivity contribution in [3.8, 4) is 0 Å². The van der Waals surface area contributed by atoms with Crippen LogP contribution in [-0.2, 0) is 20.8 Å². The Bertz CT molecular complexity index is 804. The van der Waals surface area contributed by atoms with Crippen LogP contribution < -0.4 is 10.7 Å². The van der Waals surface area contributed by atoms with Gasteiger partial charge in [-0.25, -0.2) is 5.43 Å². The summed E-state index contributed by atoms with van der Waals surface area (Å²) in [4.78, 5) is 34.6. The number of carbonyl (C=O) groups is 3. The number of nitrogens with one attached hydrogen (secondary N) is 2. The lowest BCUT2D eigenvalue weighted by Crippen LogP contribution is -2.36. The van der Waals surface area contributed by atoms with Gasteiger partial charge >= 0.3 is 5.97 Å². The highest BCUT2D eigenvalue weighted by Crippen LogP contribution is 2.06. The minimum Gasteiger partial charge on any atom is -0.481 e. The smallest absolute Gasteiger partial charge is 0.303 e. The molecule has 7 heteroatoms. The van der Waals surface area contributed by atoms with E-state index in [-0.39, 0.29) is 31.7 Å². The zero-order valence-electron chi connectivity index (χ0n) is 14.7. The van der Waals surface area contributed by atoms with Crippen LogP contribution in [0.25, 0.3) is 0 Å². The predicted molar refractivity (Wildman–Crippen MR) is 101 cm³/mol. The summed E-state index contributed by atoms with van der Waals surface area (Å²) in [6, 6.07) is 18.2. The molecule has 140 valence electrons. The summed E-state index contributed by atoms with van der Waals surface area (Å²) in [5.74, 6) is -1.70. The molecule has 0 heterocycles. The quantitative estimate of drug-likeness (QED) is 0.463. The van der Waals surface area contributed by atoms with Gasteiger partial charge in [-0.1, -0.05) is 60.7 Å². The third-order valence-corrected chi connectivity index (χ3v) is 3.65. The lowest BCUT2D eigenvalue weighted by molar-refractivity contribution is -0.136. The van der Waals surface area contributed by atoms with Crippen LogP contribution in [0.1, 0.15) is 24.0 Å². The lowest BCUT2D eigenvalue weighted by atomic mass is 10.1. The molecular formula is C20H21N3O4. The van der Waals surface area contributed by atoms with Crippen molar-refractivity contribution in [2.45, 2.75) is 19.3 Å². The molecule has 0 aliphatic carbocycles. The maximum Gasteiger partial charge on any atom is 0.303 e. The molecule has 0 unspecified atom stereocenters. The SMILES string of the molecule is O=C(O)CC/C(=N\NC(=O)CNC(=O)Cc1ccccc1)c1ccccc1. The molecule has 0 atom stereocenters. The van der Waals surface area contributed by atoms with Crippen LogP contribution >= 0.6 is 0 Å². The number of nitrogens with zero attached hydrogens (tertiary/aromatic N) is 1. The van der Waals surface area contributed by atoms with Crippen LogP contribution in [0.2, 0.25) is 0 Å². The fourth-order valence-electron chi connectivity index (χ4n) is 2.31. The number of carbonyl (C=O) groups excluding carboxylic acids is 2. The van der Waals surface area contributed by atoms with Gasteiger partial charge in [-0.3, -0.25) is 14.4 Å². The third-order valence-electron chi connectivity index (χ3n) is 3.65. The van der Waals surface area contributed by atoms with Gasteiger partial charge in [0, 0.05) is 6.42 Å². The molecule has 7 nitrogen and oxygen atoms in total. The zero-order valence-corrected chi connectivity index (χ0v) is 14.7. The van der Waals surface area contributed by atoms with Gasteiger partial charge in [0.25, 0.3) is 5.91 Å². The van der Waals surface area contributed by atoms with Crippen LogP contribution in [-0.4, -0.2) is 35.1 Å². The lowest BCUT2D eigenvalue weighted by Gasteiger charge is -2.07. The summed E-state index contributed by atoms with van der Waals surface area (Å²) in [6.07, 6.45) is 0.267. The van der Waals surface area contributed by atoms with Gasteiger partial charge in [0.15, 0.2) is 0 Å². The Hall–Kier alpha value is -3.48. The molecule has 0 spiro atoms. The Morgan fingerprint density at radius 1 is 0.852 bits per heavy atom. The van der Waals surface area contributed by atoms with E-state index in [4.69, 9.17) is 5.11 Å². The maximum atomic E-state index is 11.9. The minimum absolute atomic E-state index is 0.0998. The maximum absolute atomic E-state index is 11.9. The van der Waals surface area contributed by atoms with Gasteiger partial charge in [-0.15, -0.1) is 0 Å². The van der Waals surface area contributed by atoms with Crippen LogP contribution in [0.3, 0.4) is 0 Å². The first-order chi connectivity index (χ1) is 13.0. The van der Waals surface area contributed by atoms with E-state index in [1.54, 1.807) is 24.3 Å². The molecule has 0 fully saturated rings. The molecule has 0 bridgehead atoms. The minimum atomic E-state index is -0.946. The third kappa shape index (κ3) is 7.52. The molecule has 0 aliphatic rings. The molecule has 2 aromatic rings. The monoisotopic (exact) mass is 367 g/mol. The van der Waals surface area contributed by atoms with E-state index in [1.807, 2.05) is 36.4 Å². The van der Waals surface area contributed by atoms with Crippen molar-refractivity contribution in [1.82, 2.24) is 10.7 Å². The Kier molecular flexibility index (Phi) is 7.71. The Morgan fingerprint density at radius 3 is 2.11 bits per heavy atom. The van der Waals surface area contributed by atoms with Crippen LogP contribution in [0.5, 0.6) is 0 Å². The largest absolute Gasteiger partial charge is 0.481 e. The van der Waals surface area contributed by atoms with E-state index in [0.717, 1.165) is 11.1 Å². The number of hydrogen-bond donors (Lipinski definition) is 3. The molecule has 2 aromatic carbocycles. The summed E-state index contributed by atoms with van der Waals surface area (Å²) >= 11 is 0. The van der Waals surface area contributed by atoms with E-state index in [9.17, 15) is 14.4 Å². The molecule has 0 aliphatic heterocycles. The van der Waals surface area contributed by atoms with E-state index in [1.165, 1.54) is 0 Å². The average molecular weight is 367 g/mol. The van der Waals surface area contributed by atoms with E-state index in [2.05, 4.69) is 15.8 Å². The fraction of sp³-hybridized carbons (Fsp3) is 0.200. The predicted octanol–water partition coefficient (Wildman–Crippen LogP) is 1.73. The number of aliphatic carboxylic acids is 1. The molecule has 27 heavy (non-hydrogen) atoms. The second-order valence-corrected chi connectivity index (χ2v) is 5.79. The van der Waals surface area contributed by atoms with Crippen LogP contribution in [0, 0.1) is 0 Å². The summed E-state index contributed by atoms with van der Waals surface area (Å²) in [5.41, 5.74) is 4.41. The number of hydrazone groups is 1. The van der Waals surface area contributed by atoms with Crippen LogP contribution in [0.4, 0.5) is 0 Å². The molecule has 0 saturated carbocycles. The average Bonchev–Trinajstić information content (AvgIpc) is 2.67. The normalized spacial score (nSPS) is 10.9. The summed E-state index contributed by atoms with van der Waals surface area (Å²) < 4.78 is 0. The van der Waals surface area contributed by atoms with Crippen molar-refractivity contribution in [2.75, 3.05) is 6.54 Å². The molecule has 3 N–H and O–H groups in total. The molecule has 0 saturated heterocycles. The van der Waals surface area contributed by atoms with Gasteiger partial charge in [0.05, 0.1) is 25.1 Å². The van der Waals surface area contributed by atoms with Crippen molar-refractivity contribution in [3.05, 3.63) is 71.8 Å². The van der Waals surface area contributed by atoms with Crippen molar-refractivity contribution in [3.63, 3.8) is 0 Å². The molecule has 0 radical (unpaired) electrons. The topological polar surface area (TPSA) is 108 Å². The van der Waals surface area contributed by atoms with Gasteiger partial charge < -0.3 is 10.4 Å². The number of carboxylic acids is 1. The van der Waals surface area contributed by atoms with Crippen molar-refractivity contribution in [1.29, 1.82) is 0 Å². The van der Waals surface area contributed by atoms with Gasteiger partial charge in [0.2, 0.25) is 5.91 Å². The van der Waals surface area contributed by atoms with E-state index >= 15 is 0 Å². The highest BCUT2D eigenvalue weighted by Gasteiger charge is 2.09. The van der Waals surface area contributed by atoms with Crippen molar-refractivity contribution < 1.29 is 19.5 Å². The second kappa shape index (κ2) is 10.5. The zero-order chi connectivity index (χ0) is 19.5. The van der Waals surface area contributed by atoms with E-state index < -0.39 is 11.9 Å². The summed E-state index contributed by atoms with van der Waals surface area (Å²) in [5, 5.41) is 15.4. The number of hydrogen-bond acceptors (Lipinski definition) is 4. The molecule has 2 rings (SSSR count). The van der Waals surface area contributed by atoms with Gasteiger partial charge in [-0.05, 0) is 11.1 Å². The van der Waals surface area contributed by atoms with Gasteiger partial charge in [0.1, 0.15) is 0 Å². The van der Waals surface area contributed by atoms with E-state index in [0.29, 0.717) is 5.71 Å². The fourth-order valence-corrected chi connectivity index (χ4v) is 2.31. The molecule has 0 aromatic heterocycles. The first kappa shape index (κ1) is 19.8. The first-order valence-corrected chi connectivity index (χ1v) is 8.48. The highest BCUT2D eigenvalue weighted by molar-refractivity contribution is 6.02. The number of rotatable bonds is 9. The Balaban J connectivity index is 1.87. The number of amides is 2. The van der Waals surface area contributed by atoms with Gasteiger partial charge in [-0.2, -0.15) is 5.10 Å². The second-order valence-electron chi connectivity index (χ2n) is 5.79. The van der Waals surface area contributed by atoms with Crippen molar-refractivity contribution in [2.24, 2.45) is 5.10 Å². The van der Waals surface area contributed by atoms with Crippen LogP contribution in [0.15, 0.2) is 65.8 Å². The standard InChI is InChI=1S/C20H21N3O4/c24-18(13-15-7-3-1-4-8-15)21-14-19(25)23-22-17(11-12-20(26)27)16-9-5-2-6-10-16/h1-10H,11-14H2,(H,21,24)(H,23,25)(H,26,27)/b22-17+. The molecular weight excluding hydrogens is 346 g/mol. The summed E-state index contributed by atoms with van der Waals surface area (Å²) in [7, 11) is 0. The summed E-state index contributed by atoms with van der Waals surface area (Å²) in [6.45, 7) is -0.212. The number of benzene rings is 2. The Labute approximate surface area is 157 Å². The molecule has 2 amide bonds.